The number of aromatic amines is 1. The maximum atomic E-state index is 9.81. The van der Waals surface area contributed by atoms with Crippen molar-refractivity contribution >= 4 is 29.2 Å². The van der Waals surface area contributed by atoms with Crippen LogP contribution in [0.1, 0.15) is 37.4 Å². The van der Waals surface area contributed by atoms with E-state index < -0.39 is 0 Å². The second kappa shape index (κ2) is 8.05. The van der Waals surface area contributed by atoms with E-state index in [1.54, 1.807) is 0 Å². The number of aliphatic hydroxyl groups is 1. The Morgan fingerprint density at radius 3 is 2.72 bits per heavy atom. The number of aromatic nitrogens is 4. The zero-order chi connectivity index (χ0) is 17.8. The van der Waals surface area contributed by atoms with Gasteiger partial charge in [-0.25, -0.2) is 9.97 Å². The molecule has 3 heterocycles. The van der Waals surface area contributed by atoms with Gasteiger partial charge in [0.2, 0.25) is 0 Å². The zero-order valence-corrected chi connectivity index (χ0v) is 15.9. The number of aliphatic hydroxyl groups excluding tert-OH is 1. The molecule has 0 amide bonds. The Morgan fingerprint density at radius 1 is 1.36 bits per heavy atom. The molecule has 136 valence electrons. The largest absolute Gasteiger partial charge is 0.393 e. The summed E-state index contributed by atoms with van der Waals surface area (Å²) in [6, 6.07) is 1.97. The predicted octanol–water partition coefficient (Wildman–Crippen LogP) is 2.89. The molecule has 3 N–H and O–H groups in total. The number of nitrogens with one attached hydrogen (secondary N) is 2. The molecule has 2 aromatic rings. The second-order valence-corrected chi connectivity index (χ2v) is 7.16. The van der Waals surface area contributed by atoms with Crippen molar-refractivity contribution < 1.29 is 5.11 Å². The standard InChI is InChI=1S/C17H26N6OS/c1-4-5-13-15(18-14-10-11(2)21-22-14)19-17(25-3)20-16(13)23-8-6-12(24)7-9-23/h10,12,24H,4-9H2,1-3H3,(H2,18,19,20,21,22). The van der Waals surface area contributed by atoms with E-state index in [0.29, 0.717) is 0 Å². The van der Waals surface area contributed by atoms with Crippen LogP contribution in [0.15, 0.2) is 11.2 Å². The molecule has 3 rings (SSSR count). The minimum Gasteiger partial charge on any atom is -0.393 e. The average molecular weight is 363 g/mol. The lowest BCUT2D eigenvalue weighted by molar-refractivity contribution is 0.145. The van der Waals surface area contributed by atoms with Crippen LogP contribution in [0.4, 0.5) is 17.5 Å². The Hall–Kier alpha value is -1.80. The quantitative estimate of drug-likeness (QED) is 0.538. The van der Waals surface area contributed by atoms with Gasteiger partial charge in [0, 0.05) is 30.4 Å². The molecule has 1 aliphatic rings. The minimum absolute atomic E-state index is 0.197. The van der Waals surface area contributed by atoms with Crippen molar-refractivity contribution in [1.82, 2.24) is 20.2 Å². The van der Waals surface area contributed by atoms with Gasteiger partial charge in [-0.05, 0) is 32.4 Å². The molecule has 0 saturated carbocycles. The smallest absolute Gasteiger partial charge is 0.191 e. The van der Waals surface area contributed by atoms with E-state index in [9.17, 15) is 5.11 Å². The third-order valence-corrected chi connectivity index (χ3v) is 4.91. The molecule has 0 aliphatic carbocycles. The van der Waals surface area contributed by atoms with Crippen molar-refractivity contribution in [1.29, 1.82) is 0 Å². The van der Waals surface area contributed by atoms with Crippen molar-refractivity contribution in [2.24, 2.45) is 0 Å². The number of H-pyrrole nitrogens is 1. The third-order valence-electron chi connectivity index (χ3n) is 4.36. The molecule has 25 heavy (non-hydrogen) atoms. The van der Waals surface area contributed by atoms with Crippen LogP contribution in [0.25, 0.3) is 0 Å². The molecule has 0 radical (unpaired) electrons. The molecule has 2 aromatic heterocycles. The number of hydrogen-bond acceptors (Lipinski definition) is 7. The molecular formula is C17H26N6OS. The van der Waals surface area contributed by atoms with E-state index in [0.717, 1.165) is 72.6 Å². The van der Waals surface area contributed by atoms with E-state index in [2.05, 4.69) is 27.3 Å². The molecule has 1 aliphatic heterocycles. The highest BCUT2D eigenvalue weighted by molar-refractivity contribution is 7.98. The number of hydrogen-bond donors (Lipinski definition) is 3. The highest BCUT2D eigenvalue weighted by Gasteiger charge is 2.23. The molecule has 0 spiro atoms. The Bertz CT molecular complexity index is 711. The topological polar surface area (TPSA) is 90.0 Å². The molecule has 0 aromatic carbocycles. The first-order chi connectivity index (χ1) is 12.1. The summed E-state index contributed by atoms with van der Waals surface area (Å²) in [5.74, 6) is 2.58. The maximum absolute atomic E-state index is 9.81. The fraction of sp³-hybridized carbons (Fsp3) is 0.588. The van der Waals surface area contributed by atoms with Gasteiger partial charge < -0.3 is 15.3 Å². The number of anilines is 3. The summed E-state index contributed by atoms with van der Waals surface area (Å²) in [7, 11) is 0. The van der Waals surface area contributed by atoms with Crippen LogP contribution in [-0.2, 0) is 6.42 Å². The van der Waals surface area contributed by atoms with Gasteiger partial charge in [-0.15, -0.1) is 0 Å². The van der Waals surface area contributed by atoms with Gasteiger partial charge in [0.1, 0.15) is 11.6 Å². The fourth-order valence-corrected chi connectivity index (χ4v) is 3.43. The van der Waals surface area contributed by atoms with Crippen LogP contribution < -0.4 is 10.2 Å². The first-order valence-corrected chi connectivity index (χ1v) is 10.00. The predicted molar refractivity (Wildman–Crippen MR) is 102 cm³/mol. The van der Waals surface area contributed by atoms with Crippen LogP contribution in [0, 0.1) is 6.92 Å². The maximum Gasteiger partial charge on any atom is 0.191 e. The van der Waals surface area contributed by atoms with Gasteiger partial charge in [-0.2, -0.15) is 5.10 Å². The van der Waals surface area contributed by atoms with Gasteiger partial charge in [0.25, 0.3) is 0 Å². The molecule has 1 saturated heterocycles. The fourth-order valence-electron chi connectivity index (χ4n) is 3.07. The van der Waals surface area contributed by atoms with E-state index in [-0.39, 0.29) is 6.10 Å². The summed E-state index contributed by atoms with van der Waals surface area (Å²) in [6.07, 6.45) is 5.27. The van der Waals surface area contributed by atoms with E-state index in [1.807, 2.05) is 19.2 Å². The molecule has 1 fully saturated rings. The minimum atomic E-state index is -0.197. The Kier molecular flexibility index (Phi) is 5.80. The summed E-state index contributed by atoms with van der Waals surface area (Å²) in [5, 5.41) is 21.1. The molecule has 0 bridgehead atoms. The molecule has 0 atom stereocenters. The number of nitrogens with zero attached hydrogens (tertiary/aromatic N) is 4. The lowest BCUT2D eigenvalue weighted by Crippen LogP contribution is -2.37. The summed E-state index contributed by atoms with van der Waals surface area (Å²) >= 11 is 1.54. The highest BCUT2D eigenvalue weighted by atomic mass is 32.2. The molecular weight excluding hydrogens is 336 g/mol. The van der Waals surface area contributed by atoms with Gasteiger partial charge >= 0.3 is 0 Å². The van der Waals surface area contributed by atoms with Gasteiger partial charge in [-0.3, -0.25) is 5.10 Å². The lowest BCUT2D eigenvalue weighted by Gasteiger charge is -2.32. The van der Waals surface area contributed by atoms with Gasteiger partial charge in [-0.1, -0.05) is 25.1 Å². The Balaban J connectivity index is 1.98. The van der Waals surface area contributed by atoms with Crippen LogP contribution in [-0.4, -0.2) is 50.7 Å². The van der Waals surface area contributed by atoms with Crippen LogP contribution in [0.2, 0.25) is 0 Å². The molecule has 0 unspecified atom stereocenters. The first-order valence-electron chi connectivity index (χ1n) is 8.77. The first kappa shape index (κ1) is 18.0. The van der Waals surface area contributed by atoms with Crippen molar-refractivity contribution in [2.75, 3.05) is 29.6 Å². The summed E-state index contributed by atoms with van der Waals surface area (Å²) < 4.78 is 0. The number of piperidine rings is 1. The highest BCUT2D eigenvalue weighted by Crippen LogP contribution is 2.31. The van der Waals surface area contributed by atoms with Crippen LogP contribution in [0.3, 0.4) is 0 Å². The summed E-state index contributed by atoms with van der Waals surface area (Å²) in [4.78, 5) is 11.8. The molecule has 7 nitrogen and oxygen atoms in total. The van der Waals surface area contributed by atoms with Gasteiger partial charge in [0.05, 0.1) is 6.10 Å². The monoisotopic (exact) mass is 362 g/mol. The van der Waals surface area contributed by atoms with Crippen molar-refractivity contribution in [3.63, 3.8) is 0 Å². The zero-order valence-electron chi connectivity index (χ0n) is 15.0. The Labute approximate surface area is 152 Å². The number of thioether (sulfide) groups is 1. The summed E-state index contributed by atoms with van der Waals surface area (Å²) in [5.41, 5.74) is 2.13. The third kappa shape index (κ3) is 4.24. The van der Waals surface area contributed by atoms with Crippen molar-refractivity contribution in [3.05, 3.63) is 17.3 Å². The van der Waals surface area contributed by atoms with Crippen molar-refractivity contribution in [2.45, 2.75) is 50.8 Å². The Morgan fingerprint density at radius 2 is 2.12 bits per heavy atom. The normalized spacial score (nSPS) is 15.6. The second-order valence-electron chi connectivity index (χ2n) is 6.39. The summed E-state index contributed by atoms with van der Waals surface area (Å²) in [6.45, 7) is 5.78. The SMILES string of the molecule is CCCc1c(Nc2cc(C)[nH]n2)nc(SC)nc1N1CCC(O)CC1. The van der Waals surface area contributed by atoms with Crippen LogP contribution in [0.5, 0.6) is 0 Å². The van der Waals surface area contributed by atoms with Crippen LogP contribution >= 0.6 is 11.8 Å². The average Bonchev–Trinajstić information content (AvgIpc) is 3.02. The van der Waals surface area contributed by atoms with Crippen molar-refractivity contribution in [3.8, 4) is 0 Å². The van der Waals surface area contributed by atoms with E-state index in [1.165, 1.54) is 11.8 Å². The molecule has 8 heteroatoms. The number of rotatable bonds is 6. The lowest BCUT2D eigenvalue weighted by atomic mass is 10.1. The van der Waals surface area contributed by atoms with E-state index >= 15 is 0 Å². The van der Waals surface area contributed by atoms with Gasteiger partial charge in [0.15, 0.2) is 11.0 Å². The van der Waals surface area contributed by atoms with E-state index in [4.69, 9.17) is 9.97 Å². The number of aryl methyl sites for hydroxylation is 1.